The minimum atomic E-state index is -0.931. The molecule has 0 unspecified atom stereocenters. The van der Waals surface area contributed by atoms with Gasteiger partial charge in [-0.2, -0.15) is 0 Å². The zero-order valence-corrected chi connectivity index (χ0v) is 9.46. The van der Waals surface area contributed by atoms with Crippen LogP contribution < -0.4 is 0 Å². The van der Waals surface area contributed by atoms with Crippen molar-refractivity contribution in [3.05, 3.63) is 28.0 Å². The molecule has 0 spiro atoms. The van der Waals surface area contributed by atoms with Gasteiger partial charge < -0.3 is 9.52 Å². The van der Waals surface area contributed by atoms with Crippen molar-refractivity contribution in [1.29, 1.82) is 0 Å². The molecule has 0 aliphatic rings. The van der Waals surface area contributed by atoms with E-state index >= 15 is 0 Å². The molecule has 1 aromatic heterocycles. The molecule has 7 nitrogen and oxygen atoms in total. The quantitative estimate of drug-likeness (QED) is 0.574. The van der Waals surface area contributed by atoms with Crippen LogP contribution in [0.1, 0.15) is 19.1 Å². The molecule has 7 heteroatoms. The van der Waals surface area contributed by atoms with Gasteiger partial charge in [-0.15, -0.1) is 0 Å². The summed E-state index contributed by atoms with van der Waals surface area (Å²) in [5.41, 5.74) is 0. The Kier molecular flexibility index (Phi) is 4.65. The van der Waals surface area contributed by atoms with Crippen LogP contribution in [0.3, 0.4) is 0 Å². The SMILES string of the molecule is CCCN(CC(=O)O)Cc1ccc([N+](=O)[O-])o1. The van der Waals surface area contributed by atoms with E-state index in [9.17, 15) is 14.9 Å². The lowest BCUT2D eigenvalue weighted by Gasteiger charge is -2.17. The summed E-state index contributed by atoms with van der Waals surface area (Å²) < 4.78 is 4.97. The second-order valence-electron chi connectivity index (χ2n) is 3.60. The normalized spacial score (nSPS) is 10.7. The van der Waals surface area contributed by atoms with Crippen LogP contribution in [0.25, 0.3) is 0 Å². The fourth-order valence-electron chi connectivity index (χ4n) is 1.49. The first-order chi connectivity index (χ1) is 8.02. The molecule has 0 aromatic carbocycles. The standard InChI is InChI=1S/C10H14N2O5/c1-2-5-11(7-10(13)14)6-8-3-4-9(17-8)12(15)16/h3-4H,2,5-7H2,1H3,(H,13,14). The summed E-state index contributed by atoms with van der Waals surface area (Å²) >= 11 is 0. The van der Waals surface area contributed by atoms with Crippen LogP contribution in [0, 0.1) is 10.1 Å². The van der Waals surface area contributed by atoms with E-state index in [4.69, 9.17) is 9.52 Å². The molecule has 17 heavy (non-hydrogen) atoms. The monoisotopic (exact) mass is 242 g/mol. The first-order valence-electron chi connectivity index (χ1n) is 5.20. The van der Waals surface area contributed by atoms with Crippen LogP contribution in [-0.2, 0) is 11.3 Å². The summed E-state index contributed by atoms with van der Waals surface area (Å²) in [4.78, 5) is 22.1. The van der Waals surface area contributed by atoms with Gasteiger partial charge in [-0.05, 0) is 19.0 Å². The molecule has 0 amide bonds. The van der Waals surface area contributed by atoms with Gasteiger partial charge >= 0.3 is 11.9 Å². The van der Waals surface area contributed by atoms with E-state index in [-0.39, 0.29) is 19.0 Å². The van der Waals surface area contributed by atoms with Crippen molar-refractivity contribution in [1.82, 2.24) is 4.90 Å². The number of hydrogen-bond donors (Lipinski definition) is 1. The second kappa shape index (κ2) is 6.00. The Labute approximate surface area is 97.8 Å². The Bertz CT molecular complexity index is 401. The largest absolute Gasteiger partial charge is 0.480 e. The Morgan fingerprint density at radius 3 is 2.76 bits per heavy atom. The number of aliphatic carboxylic acids is 1. The lowest BCUT2D eigenvalue weighted by atomic mass is 10.3. The third-order valence-corrected chi connectivity index (χ3v) is 2.11. The minimum Gasteiger partial charge on any atom is -0.480 e. The molecule has 94 valence electrons. The molecule has 1 aromatic rings. The van der Waals surface area contributed by atoms with Crippen molar-refractivity contribution < 1.29 is 19.2 Å². The molecule has 0 saturated heterocycles. The van der Waals surface area contributed by atoms with Gasteiger partial charge in [-0.25, -0.2) is 0 Å². The fraction of sp³-hybridized carbons (Fsp3) is 0.500. The summed E-state index contributed by atoms with van der Waals surface area (Å²) in [6.45, 7) is 2.68. The highest BCUT2D eigenvalue weighted by molar-refractivity contribution is 5.69. The minimum absolute atomic E-state index is 0.109. The first kappa shape index (κ1) is 13.2. The van der Waals surface area contributed by atoms with E-state index in [2.05, 4.69) is 0 Å². The van der Waals surface area contributed by atoms with E-state index < -0.39 is 10.9 Å². The van der Waals surface area contributed by atoms with Gasteiger partial charge in [0.1, 0.15) is 10.7 Å². The lowest BCUT2D eigenvalue weighted by Crippen LogP contribution is -2.29. The number of nitrogens with zero attached hydrogens (tertiary/aromatic N) is 2. The molecule has 1 rings (SSSR count). The van der Waals surface area contributed by atoms with E-state index in [1.807, 2.05) is 6.92 Å². The third-order valence-electron chi connectivity index (χ3n) is 2.11. The van der Waals surface area contributed by atoms with Gasteiger partial charge in [0.15, 0.2) is 0 Å². The molecule has 0 aliphatic carbocycles. The average Bonchev–Trinajstić information content (AvgIpc) is 2.65. The summed E-state index contributed by atoms with van der Waals surface area (Å²) in [6, 6.07) is 2.75. The molecule has 1 heterocycles. The number of nitro groups is 1. The van der Waals surface area contributed by atoms with Gasteiger partial charge in [-0.1, -0.05) is 6.92 Å². The predicted octanol–water partition coefficient (Wildman–Crippen LogP) is 1.48. The maximum absolute atomic E-state index is 10.6. The predicted molar refractivity (Wildman–Crippen MR) is 58.6 cm³/mol. The topological polar surface area (TPSA) is 96.8 Å². The molecule has 0 radical (unpaired) electrons. The van der Waals surface area contributed by atoms with Crippen molar-refractivity contribution in [3.63, 3.8) is 0 Å². The molecular formula is C10H14N2O5. The molecular weight excluding hydrogens is 228 g/mol. The Morgan fingerprint density at radius 1 is 1.59 bits per heavy atom. The summed E-state index contributed by atoms with van der Waals surface area (Å²) in [6.07, 6.45) is 0.802. The van der Waals surface area contributed by atoms with E-state index in [0.29, 0.717) is 12.3 Å². The fourth-order valence-corrected chi connectivity index (χ4v) is 1.49. The van der Waals surface area contributed by atoms with Gasteiger partial charge in [0.25, 0.3) is 0 Å². The molecule has 0 atom stereocenters. The van der Waals surface area contributed by atoms with Crippen LogP contribution in [0.4, 0.5) is 5.88 Å². The molecule has 0 fully saturated rings. The van der Waals surface area contributed by atoms with Gasteiger partial charge in [0.2, 0.25) is 0 Å². The van der Waals surface area contributed by atoms with Crippen LogP contribution in [0.2, 0.25) is 0 Å². The molecule has 1 N–H and O–H groups in total. The number of carbonyl (C=O) groups is 1. The maximum atomic E-state index is 10.6. The van der Waals surface area contributed by atoms with Crippen molar-refractivity contribution in [2.45, 2.75) is 19.9 Å². The van der Waals surface area contributed by atoms with Crippen LogP contribution in [0.5, 0.6) is 0 Å². The zero-order chi connectivity index (χ0) is 12.8. The number of furan rings is 1. The highest BCUT2D eigenvalue weighted by atomic mass is 16.6. The van der Waals surface area contributed by atoms with E-state index in [1.165, 1.54) is 12.1 Å². The molecule has 0 aliphatic heterocycles. The van der Waals surface area contributed by atoms with Gasteiger partial charge in [0.05, 0.1) is 19.2 Å². The lowest BCUT2D eigenvalue weighted by molar-refractivity contribution is -0.402. The number of hydrogen-bond acceptors (Lipinski definition) is 5. The smallest absolute Gasteiger partial charge is 0.433 e. The molecule has 0 bridgehead atoms. The van der Waals surface area contributed by atoms with Gasteiger partial charge in [-0.3, -0.25) is 19.8 Å². The van der Waals surface area contributed by atoms with E-state index in [1.54, 1.807) is 4.90 Å². The number of carboxylic acids is 1. The van der Waals surface area contributed by atoms with Crippen LogP contribution >= 0.6 is 0 Å². The number of carboxylic acid groups (broad SMARTS) is 1. The Hall–Kier alpha value is -1.89. The van der Waals surface area contributed by atoms with Crippen LogP contribution in [0.15, 0.2) is 16.5 Å². The average molecular weight is 242 g/mol. The second-order valence-corrected chi connectivity index (χ2v) is 3.60. The van der Waals surface area contributed by atoms with Crippen molar-refractivity contribution in [3.8, 4) is 0 Å². The summed E-state index contributed by atoms with van der Waals surface area (Å²) in [5.74, 6) is -0.863. The van der Waals surface area contributed by atoms with Gasteiger partial charge in [0, 0.05) is 0 Å². The third kappa shape index (κ3) is 4.23. The van der Waals surface area contributed by atoms with Crippen molar-refractivity contribution in [2.75, 3.05) is 13.1 Å². The van der Waals surface area contributed by atoms with Crippen molar-refractivity contribution in [2.24, 2.45) is 0 Å². The van der Waals surface area contributed by atoms with E-state index in [0.717, 1.165) is 6.42 Å². The highest BCUT2D eigenvalue weighted by Crippen LogP contribution is 2.17. The highest BCUT2D eigenvalue weighted by Gasteiger charge is 2.15. The molecule has 0 saturated carbocycles. The Balaban J connectivity index is 2.64. The summed E-state index contributed by atoms with van der Waals surface area (Å²) in [7, 11) is 0. The first-order valence-corrected chi connectivity index (χ1v) is 5.20. The van der Waals surface area contributed by atoms with Crippen molar-refractivity contribution >= 4 is 11.9 Å². The van der Waals surface area contributed by atoms with Crippen LogP contribution in [-0.4, -0.2) is 34.0 Å². The zero-order valence-electron chi connectivity index (χ0n) is 9.46. The number of rotatable bonds is 7. The Morgan fingerprint density at radius 2 is 2.29 bits per heavy atom. The maximum Gasteiger partial charge on any atom is 0.433 e. The summed E-state index contributed by atoms with van der Waals surface area (Å²) in [5, 5.41) is 19.1.